The number of carboxylic acids is 1. The zero-order valence-electron chi connectivity index (χ0n) is 11.3. The van der Waals surface area contributed by atoms with Crippen LogP contribution in [-0.2, 0) is 11.3 Å². The van der Waals surface area contributed by atoms with Crippen LogP contribution in [0.1, 0.15) is 29.2 Å². The second-order valence-corrected chi connectivity index (χ2v) is 4.65. The van der Waals surface area contributed by atoms with Crippen LogP contribution >= 0.6 is 0 Å². The number of carbonyl (C=O) groups is 2. The van der Waals surface area contributed by atoms with E-state index in [1.807, 2.05) is 0 Å². The highest BCUT2D eigenvalue weighted by molar-refractivity contribution is 5.84. The van der Waals surface area contributed by atoms with Gasteiger partial charge in [0.2, 0.25) is 5.76 Å². The van der Waals surface area contributed by atoms with Crippen LogP contribution in [0.15, 0.2) is 16.5 Å². The molecule has 0 radical (unpaired) electrons. The Hall–Kier alpha value is -2.02. The largest absolute Gasteiger partial charge is 0.475 e. The molecule has 1 aliphatic rings. The van der Waals surface area contributed by atoms with Crippen molar-refractivity contribution >= 4 is 12.0 Å². The molecular weight excluding hydrogens is 264 g/mol. The number of amides is 2. The SMILES string of the molecule is COCCN(C(=O)NCc1ccc(C(=O)O)o1)C1CC1. The van der Waals surface area contributed by atoms with E-state index in [1.165, 1.54) is 6.07 Å². The monoisotopic (exact) mass is 282 g/mol. The molecule has 1 heterocycles. The van der Waals surface area contributed by atoms with Gasteiger partial charge in [0.1, 0.15) is 5.76 Å². The van der Waals surface area contributed by atoms with Crippen LogP contribution < -0.4 is 5.32 Å². The predicted molar refractivity (Wildman–Crippen MR) is 69.5 cm³/mol. The Bertz CT molecular complexity index is 481. The first-order chi connectivity index (χ1) is 9.61. The van der Waals surface area contributed by atoms with Gasteiger partial charge >= 0.3 is 12.0 Å². The van der Waals surface area contributed by atoms with E-state index in [0.717, 1.165) is 12.8 Å². The lowest BCUT2D eigenvalue weighted by atomic mass is 10.4. The fourth-order valence-electron chi connectivity index (χ4n) is 1.88. The van der Waals surface area contributed by atoms with Gasteiger partial charge in [0.25, 0.3) is 0 Å². The van der Waals surface area contributed by atoms with Crippen LogP contribution in [0.25, 0.3) is 0 Å². The topological polar surface area (TPSA) is 92.0 Å². The van der Waals surface area contributed by atoms with Crippen molar-refractivity contribution in [3.05, 3.63) is 23.7 Å². The van der Waals surface area contributed by atoms with Crippen LogP contribution in [0.4, 0.5) is 4.79 Å². The minimum Gasteiger partial charge on any atom is -0.475 e. The maximum atomic E-state index is 12.0. The number of ether oxygens (including phenoxy) is 1. The molecule has 110 valence electrons. The highest BCUT2D eigenvalue weighted by Crippen LogP contribution is 2.26. The summed E-state index contributed by atoms with van der Waals surface area (Å²) in [7, 11) is 1.60. The van der Waals surface area contributed by atoms with Gasteiger partial charge in [-0.15, -0.1) is 0 Å². The van der Waals surface area contributed by atoms with Gasteiger partial charge in [0.05, 0.1) is 13.2 Å². The van der Waals surface area contributed by atoms with Gasteiger partial charge < -0.3 is 24.5 Å². The van der Waals surface area contributed by atoms with Crippen molar-refractivity contribution in [1.82, 2.24) is 10.2 Å². The number of nitrogens with zero attached hydrogens (tertiary/aromatic N) is 1. The molecule has 0 saturated heterocycles. The van der Waals surface area contributed by atoms with E-state index in [4.69, 9.17) is 14.3 Å². The molecule has 1 aromatic rings. The van der Waals surface area contributed by atoms with Gasteiger partial charge in [-0.1, -0.05) is 0 Å². The number of hydrogen-bond acceptors (Lipinski definition) is 4. The zero-order chi connectivity index (χ0) is 14.5. The number of aromatic carboxylic acids is 1. The standard InChI is InChI=1S/C13H18N2O5/c1-19-7-6-15(9-2-3-9)13(18)14-8-10-4-5-11(20-10)12(16)17/h4-5,9H,2-3,6-8H2,1H3,(H,14,18)(H,16,17). The predicted octanol–water partition coefficient (Wildman–Crippen LogP) is 1.30. The fraction of sp³-hybridized carbons (Fsp3) is 0.538. The second-order valence-electron chi connectivity index (χ2n) is 4.65. The summed E-state index contributed by atoms with van der Waals surface area (Å²) in [4.78, 5) is 24.5. The van der Waals surface area contributed by atoms with Gasteiger partial charge in [-0.25, -0.2) is 9.59 Å². The van der Waals surface area contributed by atoms with Crippen molar-refractivity contribution in [2.75, 3.05) is 20.3 Å². The molecule has 7 heteroatoms. The molecule has 1 aromatic heterocycles. The maximum absolute atomic E-state index is 12.0. The number of nitrogens with one attached hydrogen (secondary N) is 1. The van der Waals surface area contributed by atoms with Crippen LogP contribution in [0, 0.1) is 0 Å². The Labute approximate surface area is 116 Å². The first kappa shape index (κ1) is 14.4. The zero-order valence-corrected chi connectivity index (χ0v) is 11.3. The molecule has 2 N–H and O–H groups in total. The molecule has 0 unspecified atom stereocenters. The lowest BCUT2D eigenvalue weighted by Crippen LogP contribution is -2.42. The quantitative estimate of drug-likeness (QED) is 0.786. The molecule has 1 fully saturated rings. The molecule has 2 amide bonds. The molecule has 7 nitrogen and oxygen atoms in total. The number of rotatable bonds is 7. The summed E-state index contributed by atoms with van der Waals surface area (Å²) in [6, 6.07) is 3.02. The Balaban J connectivity index is 1.84. The van der Waals surface area contributed by atoms with Crippen molar-refractivity contribution in [1.29, 1.82) is 0 Å². The summed E-state index contributed by atoms with van der Waals surface area (Å²) < 4.78 is 10.1. The van der Waals surface area contributed by atoms with Crippen molar-refractivity contribution in [3.8, 4) is 0 Å². The van der Waals surface area contributed by atoms with Crippen LogP contribution in [-0.4, -0.2) is 48.3 Å². The third-order valence-electron chi connectivity index (χ3n) is 3.07. The second kappa shape index (κ2) is 6.42. The molecule has 0 spiro atoms. The number of carboxylic acid groups (broad SMARTS) is 1. The number of furan rings is 1. The highest BCUT2D eigenvalue weighted by Gasteiger charge is 2.32. The van der Waals surface area contributed by atoms with E-state index in [1.54, 1.807) is 18.1 Å². The molecule has 0 aliphatic heterocycles. The molecule has 1 aliphatic carbocycles. The minimum absolute atomic E-state index is 0.132. The molecule has 0 bridgehead atoms. The minimum atomic E-state index is -1.12. The van der Waals surface area contributed by atoms with Crippen molar-refractivity contribution in [3.63, 3.8) is 0 Å². The summed E-state index contributed by atoms with van der Waals surface area (Å²) in [5, 5.41) is 11.5. The van der Waals surface area contributed by atoms with Crippen LogP contribution in [0.3, 0.4) is 0 Å². The van der Waals surface area contributed by atoms with E-state index in [9.17, 15) is 9.59 Å². The van der Waals surface area contributed by atoms with E-state index in [-0.39, 0.29) is 24.4 Å². The number of hydrogen-bond donors (Lipinski definition) is 2. The highest BCUT2D eigenvalue weighted by atomic mass is 16.5. The summed E-state index contributed by atoms with van der Waals surface area (Å²) in [5.74, 6) is -0.840. The van der Waals surface area contributed by atoms with E-state index < -0.39 is 5.97 Å². The van der Waals surface area contributed by atoms with Crippen LogP contribution in [0.2, 0.25) is 0 Å². The van der Waals surface area contributed by atoms with E-state index >= 15 is 0 Å². The third kappa shape index (κ3) is 3.74. The van der Waals surface area contributed by atoms with Gasteiger partial charge in [-0.05, 0) is 25.0 Å². The third-order valence-corrected chi connectivity index (χ3v) is 3.07. The average molecular weight is 282 g/mol. The van der Waals surface area contributed by atoms with Gasteiger partial charge in [0.15, 0.2) is 0 Å². The van der Waals surface area contributed by atoms with Gasteiger partial charge in [0, 0.05) is 19.7 Å². The lowest BCUT2D eigenvalue weighted by Gasteiger charge is -2.22. The average Bonchev–Trinajstić information content (AvgIpc) is 3.14. The molecule has 0 atom stereocenters. The Morgan fingerprint density at radius 2 is 2.25 bits per heavy atom. The first-order valence-corrected chi connectivity index (χ1v) is 6.47. The van der Waals surface area contributed by atoms with Crippen molar-refractivity contribution < 1.29 is 23.8 Å². The fourth-order valence-corrected chi connectivity index (χ4v) is 1.88. The summed E-state index contributed by atoms with van der Waals surface area (Å²) >= 11 is 0. The molecule has 2 rings (SSSR count). The summed E-state index contributed by atoms with van der Waals surface area (Å²) in [6.45, 7) is 1.21. The molecule has 20 heavy (non-hydrogen) atoms. The van der Waals surface area contributed by atoms with Crippen LogP contribution in [0.5, 0.6) is 0 Å². The van der Waals surface area contributed by atoms with E-state index in [0.29, 0.717) is 18.9 Å². The Morgan fingerprint density at radius 3 is 2.80 bits per heavy atom. The molecular formula is C13H18N2O5. The normalized spacial score (nSPS) is 14.1. The first-order valence-electron chi connectivity index (χ1n) is 6.47. The Morgan fingerprint density at radius 1 is 1.50 bits per heavy atom. The van der Waals surface area contributed by atoms with E-state index in [2.05, 4.69) is 5.32 Å². The number of carbonyl (C=O) groups excluding carboxylic acids is 1. The summed E-state index contributed by atoms with van der Waals surface area (Å²) in [6.07, 6.45) is 2.03. The van der Waals surface area contributed by atoms with Crippen molar-refractivity contribution in [2.45, 2.75) is 25.4 Å². The molecule has 1 saturated carbocycles. The maximum Gasteiger partial charge on any atom is 0.371 e. The smallest absolute Gasteiger partial charge is 0.371 e. The summed E-state index contributed by atoms with van der Waals surface area (Å²) in [5.41, 5.74) is 0. The van der Waals surface area contributed by atoms with Gasteiger partial charge in [-0.2, -0.15) is 0 Å². The number of urea groups is 1. The molecule has 0 aromatic carbocycles. The van der Waals surface area contributed by atoms with Crippen molar-refractivity contribution in [2.24, 2.45) is 0 Å². The Kier molecular flexibility index (Phi) is 4.62. The lowest BCUT2D eigenvalue weighted by molar-refractivity contribution is 0.0660. The number of methoxy groups -OCH3 is 1. The van der Waals surface area contributed by atoms with Gasteiger partial charge in [-0.3, -0.25) is 0 Å².